The molecule has 0 rings (SSSR count). The molecule has 0 radical (unpaired) electrons. The first-order valence-corrected chi connectivity index (χ1v) is 11.1. The lowest BCUT2D eigenvalue weighted by Crippen LogP contribution is -2.58. The zero-order valence-electron chi connectivity index (χ0n) is 17.9. The zero-order chi connectivity index (χ0) is 24.1. The number of aliphatic carboxylic acids is 1. The molecule has 9 N–H and O–H groups in total. The van der Waals surface area contributed by atoms with Gasteiger partial charge in [0.25, 0.3) is 0 Å². The molecule has 13 heteroatoms. The minimum Gasteiger partial charge on any atom is -0.480 e. The van der Waals surface area contributed by atoms with Crippen LogP contribution in [0.1, 0.15) is 33.1 Å². The molecule has 0 aliphatic carbocycles. The van der Waals surface area contributed by atoms with E-state index in [1.807, 2.05) is 6.26 Å². The number of aliphatic hydroxyl groups excluding tert-OH is 1. The second kappa shape index (κ2) is 14.6. The van der Waals surface area contributed by atoms with Crippen molar-refractivity contribution in [2.75, 3.05) is 18.6 Å². The number of aliphatic hydroxyl groups is 1. The largest absolute Gasteiger partial charge is 0.480 e. The SMILES string of the molecule is CSCCC(NC(=O)C(N)CO)C(=O)NC(C(=O)NC(CCC(N)=O)C(=O)O)C(C)C. The summed E-state index contributed by atoms with van der Waals surface area (Å²) in [6.45, 7) is 2.71. The van der Waals surface area contributed by atoms with Crippen LogP contribution >= 0.6 is 11.8 Å². The molecular formula is C18H33N5O7S. The smallest absolute Gasteiger partial charge is 0.326 e. The van der Waals surface area contributed by atoms with Crippen molar-refractivity contribution in [1.82, 2.24) is 16.0 Å². The highest BCUT2D eigenvalue weighted by atomic mass is 32.2. The van der Waals surface area contributed by atoms with Crippen LogP contribution in [0.2, 0.25) is 0 Å². The molecule has 0 saturated heterocycles. The summed E-state index contributed by atoms with van der Waals surface area (Å²) in [6.07, 6.45) is 1.64. The summed E-state index contributed by atoms with van der Waals surface area (Å²) in [5, 5.41) is 25.6. The Morgan fingerprint density at radius 2 is 1.52 bits per heavy atom. The molecule has 31 heavy (non-hydrogen) atoms. The number of carbonyl (C=O) groups is 5. The Hall–Kier alpha value is -2.38. The lowest BCUT2D eigenvalue weighted by Gasteiger charge is -2.27. The molecule has 4 atom stereocenters. The number of rotatable bonds is 15. The van der Waals surface area contributed by atoms with Crippen LogP contribution in [0.25, 0.3) is 0 Å². The highest BCUT2D eigenvalue weighted by molar-refractivity contribution is 7.98. The molecule has 0 aliphatic rings. The van der Waals surface area contributed by atoms with E-state index in [0.29, 0.717) is 5.75 Å². The number of carboxylic acids is 1. The van der Waals surface area contributed by atoms with Crippen LogP contribution in [0, 0.1) is 5.92 Å². The van der Waals surface area contributed by atoms with Gasteiger partial charge in [0.15, 0.2) is 0 Å². The van der Waals surface area contributed by atoms with Crippen molar-refractivity contribution in [2.24, 2.45) is 17.4 Å². The average Bonchev–Trinajstić information content (AvgIpc) is 2.70. The van der Waals surface area contributed by atoms with Gasteiger partial charge in [0.1, 0.15) is 24.2 Å². The summed E-state index contributed by atoms with van der Waals surface area (Å²) in [5.74, 6) is -4.04. The van der Waals surface area contributed by atoms with Crippen molar-refractivity contribution in [3.8, 4) is 0 Å². The van der Waals surface area contributed by atoms with Crippen molar-refractivity contribution in [2.45, 2.75) is 57.3 Å². The van der Waals surface area contributed by atoms with Gasteiger partial charge >= 0.3 is 5.97 Å². The van der Waals surface area contributed by atoms with Gasteiger partial charge in [-0.15, -0.1) is 0 Å². The third-order valence-electron chi connectivity index (χ3n) is 4.32. The number of hydrogen-bond donors (Lipinski definition) is 7. The third kappa shape index (κ3) is 11.0. The van der Waals surface area contributed by atoms with E-state index in [1.165, 1.54) is 11.8 Å². The maximum Gasteiger partial charge on any atom is 0.326 e. The van der Waals surface area contributed by atoms with Crippen molar-refractivity contribution >= 4 is 41.4 Å². The number of carboxylic acid groups (broad SMARTS) is 1. The van der Waals surface area contributed by atoms with Gasteiger partial charge in [0, 0.05) is 6.42 Å². The third-order valence-corrected chi connectivity index (χ3v) is 4.96. The molecular weight excluding hydrogens is 430 g/mol. The maximum absolute atomic E-state index is 12.8. The lowest BCUT2D eigenvalue weighted by atomic mass is 10.0. The van der Waals surface area contributed by atoms with E-state index in [9.17, 15) is 29.1 Å². The molecule has 178 valence electrons. The normalized spacial score (nSPS) is 14.8. The zero-order valence-corrected chi connectivity index (χ0v) is 18.7. The first-order chi connectivity index (χ1) is 14.4. The maximum atomic E-state index is 12.8. The topological polar surface area (TPSA) is 214 Å². The highest BCUT2D eigenvalue weighted by Gasteiger charge is 2.31. The van der Waals surface area contributed by atoms with Gasteiger partial charge in [-0.25, -0.2) is 4.79 Å². The molecule has 0 heterocycles. The van der Waals surface area contributed by atoms with Crippen LogP contribution in [0.3, 0.4) is 0 Å². The molecule has 0 saturated carbocycles. The summed E-state index contributed by atoms with van der Waals surface area (Å²) in [6, 6.07) is -4.65. The molecule has 0 aromatic rings. The molecule has 0 fully saturated rings. The molecule has 0 aliphatic heterocycles. The summed E-state index contributed by atoms with van der Waals surface area (Å²) in [7, 11) is 0. The van der Waals surface area contributed by atoms with Crippen molar-refractivity contribution in [3.05, 3.63) is 0 Å². The van der Waals surface area contributed by atoms with Crippen molar-refractivity contribution < 1.29 is 34.2 Å². The van der Waals surface area contributed by atoms with Crippen LogP contribution < -0.4 is 27.4 Å². The highest BCUT2D eigenvalue weighted by Crippen LogP contribution is 2.07. The van der Waals surface area contributed by atoms with Gasteiger partial charge in [0.2, 0.25) is 23.6 Å². The van der Waals surface area contributed by atoms with Gasteiger partial charge in [0.05, 0.1) is 6.61 Å². The fourth-order valence-corrected chi connectivity index (χ4v) is 2.93. The summed E-state index contributed by atoms with van der Waals surface area (Å²) in [5.41, 5.74) is 10.5. The first-order valence-electron chi connectivity index (χ1n) is 9.72. The molecule has 0 aromatic carbocycles. The summed E-state index contributed by atoms with van der Waals surface area (Å²) in [4.78, 5) is 59.7. The minimum absolute atomic E-state index is 0.194. The molecule has 4 unspecified atom stereocenters. The van der Waals surface area contributed by atoms with Crippen LogP contribution in [-0.2, 0) is 24.0 Å². The van der Waals surface area contributed by atoms with E-state index >= 15 is 0 Å². The first kappa shape index (κ1) is 28.6. The number of amides is 4. The Balaban J connectivity index is 5.32. The van der Waals surface area contributed by atoms with Gasteiger partial charge < -0.3 is 37.6 Å². The minimum atomic E-state index is -1.35. The lowest BCUT2D eigenvalue weighted by molar-refractivity contribution is -0.143. The van der Waals surface area contributed by atoms with Crippen LogP contribution in [0.5, 0.6) is 0 Å². The Morgan fingerprint density at radius 3 is 1.97 bits per heavy atom. The molecule has 0 spiro atoms. The van der Waals surface area contributed by atoms with E-state index in [1.54, 1.807) is 13.8 Å². The van der Waals surface area contributed by atoms with Gasteiger partial charge in [-0.1, -0.05) is 13.8 Å². The molecule has 0 bridgehead atoms. The predicted octanol–water partition coefficient (Wildman–Crippen LogP) is -2.48. The molecule has 4 amide bonds. The van der Waals surface area contributed by atoms with E-state index in [-0.39, 0.29) is 19.3 Å². The number of nitrogens with two attached hydrogens (primary N) is 2. The fourth-order valence-electron chi connectivity index (χ4n) is 2.46. The van der Waals surface area contributed by atoms with E-state index < -0.39 is 66.3 Å². The molecule has 12 nitrogen and oxygen atoms in total. The van der Waals surface area contributed by atoms with E-state index in [2.05, 4.69) is 16.0 Å². The summed E-state index contributed by atoms with van der Waals surface area (Å²) >= 11 is 1.45. The van der Waals surface area contributed by atoms with Crippen LogP contribution in [0.4, 0.5) is 0 Å². The fraction of sp³-hybridized carbons (Fsp3) is 0.722. The number of hydrogen-bond acceptors (Lipinski definition) is 8. The number of nitrogens with one attached hydrogen (secondary N) is 3. The number of carbonyl (C=O) groups excluding carboxylic acids is 4. The van der Waals surface area contributed by atoms with E-state index in [0.717, 1.165) is 0 Å². The standard InChI is InChI=1S/C18H33N5O7S/c1-9(2)14(17(28)22-12(18(29)30)4-5-13(20)25)23-16(27)11(6-7-31-3)21-15(26)10(19)8-24/h9-12,14,24H,4-8,19H2,1-3H3,(H2,20,25)(H,21,26)(H,22,28)(H,23,27)(H,29,30). The number of primary amides is 1. The average molecular weight is 464 g/mol. The number of thioether (sulfide) groups is 1. The van der Waals surface area contributed by atoms with Crippen LogP contribution in [0.15, 0.2) is 0 Å². The van der Waals surface area contributed by atoms with Gasteiger partial charge in [-0.05, 0) is 30.8 Å². The van der Waals surface area contributed by atoms with Crippen molar-refractivity contribution in [3.63, 3.8) is 0 Å². The van der Waals surface area contributed by atoms with E-state index in [4.69, 9.17) is 16.6 Å². The second-order valence-corrected chi connectivity index (χ2v) is 8.25. The summed E-state index contributed by atoms with van der Waals surface area (Å²) < 4.78 is 0. The van der Waals surface area contributed by atoms with Gasteiger partial charge in [-0.3, -0.25) is 19.2 Å². The van der Waals surface area contributed by atoms with Gasteiger partial charge in [-0.2, -0.15) is 11.8 Å². The monoisotopic (exact) mass is 463 g/mol. The van der Waals surface area contributed by atoms with Crippen LogP contribution in [-0.4, -0.2) is 82.6 Å². The Labute approximate surface area is 185 Å². The molecule has 0 aromatic heterocycles. The predicted molar refractivity (Wildman–Crippen MR) is 115 cm³/mol. The Bertz CT molecular complexity index is 647. The Morgan fingerprint density at radius 1 is 0.935 bits per heavy atom. The Kier molecular flexibility index (Phi) is 13.5. The van der Waals surface area contributed by atoms with Crippen molar-refractivity contribution in [1.29, 1.82) is 0 Å². The quantitative estimate of drug-likeness (QED) is 0.137. The second-order valence-electron chi connectivity index (χ2n) is 7.27.